The van der Waals surface area contributed by atoms with Crippen molar-refractivity contribution in [3.8, 4) is 5.75 Å². The zero-order valence-corrected chi connectivity index (χ0v) is 16.6. The lowest BCUT2D eigenvalue weighted by Crippen LogP contribution is -2.36. The number of nitrogens with zero attached hydrogens (tertiary/aromatic N) is 2. The summed E-state index contributed by atoms with van der Waals surface area (Å²) in [5.41, 5.74) is 0.785. The Morgan fingerprint density at radius 3 is 3.07 bits per heavy atom. The maximum absolute atomic E-state index is 13.0. The molecule has 0 spiro atoms. The first-order chi connectivity index (χ1) is 13.2. The Morgan fingerprint density at radius 1 is 1.41 bits per heavy atom. The van der Waals surface area contributed by atoms with Crippen LogP contribution in [0.3, 0.4) is 0 Å². The van der Waals surface area contributed by atoms with Gasteiger partial charge in [-0.05, 0) is 42.5 Å². The molecular weight excluding hydrogens is 380 g/mol. The Bertz CT molecular complexity index is 943. The molecule has 1 aliphatic rings. The van der Waals surface area contributed by atoms with Crippen LogP contribution in [0.15, 0.2) is 41.8 Å². The van der Waals surface area contributed by atoms with Gasteiger partial charge in [-0.15, -0.1) is 11.3 Å². The number of carbonyl (C=O) groups excluding carboxylic acids is 1. The Morgan fingerprint density at radius 2 is 2.33 bits per heavy atom. The Balaban J connectivity index is 1.65. The van der Waals surface area contributed by atoms with Crippen LogP contribution in [0.2, 0.25) is 0 Å². The fraction of sp³-hybridized carbons (Fsp3) is 0.300. The van der Waals surface area contributed by atoms with E-state index in [0.29, 0.717) is 17.4 Å². The van der Waals surface area contributed by atoms with Gasteiger partial charge in [0.25, 0.3) is 5.91 Å². The van der Waals surface area contributed by atoms with Gasteiger partial charge in [-0.3, -0.25) is 9.69 Å². The number of anilines is 1. The van der Waals surface area contributed by atoms with Crippen LogP contribution in [-0.4, -0.2) is 37.3 Å². The second-order valence-electron chi connectivity index (χ2n) is 6.24. The summed E-state index contributed by atoms with van der Waals surface area (Å²) >= 11 is 3.10. The number of thiophene rings is 1. The number of hydrogen-bond acceptors (Lipinski definition) is 6. The fourth-order valence-corrected chi connectivity index (χ4v) is 4.69. The minimum atomic E-state index is -0.0862. The number of thiazole rings is 1. The molecule has 0 bridgehead atoms. The van der Waals surface area contributed by atoms with E-state index in [0.717, 1.165) is 34.5 Å². The Hall–Kier alpha value is -2.22. The highest BCUT2D eigenvalue weighted by Crippen LogP contribution is 2.34. The van der Waals surface area contributed by atoms with Crippen molar-refractivity contribution in [1.29, 1.82) is 0 Å². The maximum atomic E-state index is 13.0. The van der Waals surface area contributed by atoms with Gasteiger partial charge in [-0.2, -0.15) is 0 Å². The molecule has 1 aliphatic heterocycles. The molecule has 27 heavy (non-hydrogen) atoms. The molecule has 0 aliphatic carbocycles. The summed E-state index contributed by atoms with van der Waals surface area (Å²) < 4.78 is 12.2. The van der Waals surface area contributed by atoms with Crippen LogP contribution in [-0.2, 0) is 9.53 Å². The van der Waals surface area contributed by atoms with Gasteiger partial charge >= 0.3 is 0 Å². The van der Waals surface area contributed by atoms with Gasteiger partial charge in [0.2, 0.25) is 0 Å². The van der Waals surface area contributed by atoms with Gasteiger partial charge in [-0.1, -0.05) is 23.5 Å². The van der Waals surface area contributed by atoms with Crippen molar-refractivity contribution in [2.45, 2.75) is 18.9 Å². The number of benzene rings is 1. The summed E-state index contributed by atoms with van der Waals surface area (Å²) in [6.45, 7) is 1.27. The van der Waals surface area contributed by atoms with Gasteiger partial charge in [0.1, 0.15) is 11.3 Å². The fourth-order valence-electron chi connectivity index (χ4n) is 3.08. The third-order valence-corrected chi connectivity index (χ3v) is 6.31. The van der Waals surface area contributed by atoms with Crippen molar-refractivity contribution < 1.29 is 14.3 Å². The van der Waals surface area contributed by atoms with Gasteiger partial charge in [-0.25, -0.2) is 4.98 Å². The smallest absolute Gasteiger partial charge is 0.252 e. The van der Waals surface area contributed by atoms with Crippen LogP contribution in [0.4, 0.5) is 5.13 Å². The van der Waals surface area contributed by atoms with E-state index < -0.39 is 0 Å². The molecule has 0 radical (unpaired) electrons. The highest BCUT2D eigenvalue weighted by atomic mass is 32.1. The first-order valence-corrected chi connectivity index (χ1v) is 10.5. The number of hydrogen-bond donors (Lipinski definition) is 0. The number of methoxy groups -OCH3 is 1. The molecule has 3 aromatic rings. The summed E-state index contributed by atoms with van der Waals surface area (Å²) in [6.07, 6.45) is 5.52. The quantitative estimate of drug-likeness (QED) is 0.568. The first-order valence-electron chi connectivity index (χ1n) is 8.83. The first kappa shape index (κ1) is 18.2. The van der Waals surface area contributed by atoms with Crippen molar-refractivity contribution in [2.75, 3.05) is 25.2 Å². The number of ether oxygens (including phenoxy) is 2. The molecule has 3 heterocycles. The van der Waals surface area contributed by atoms with E-state index in [-0.39, 0.29) is 12.0 Å². The van der Waals surface area contributed by atoms with Crippen LogP contribution in [0, 0.1) is 0 Å². The molecular formula is C20H20N2O3S2. The van der Waals surface area contributed by atoms with Gasteiger partial charge in [0.05, 0.1) is 24.5 Å². The zero-order valence-electron chi connectivity index (χ0n) is 15.0. The van der Waals surface area contributed by atoms with E-state index in [2.05, 4.69) is 0 Å². The van der Waals surface area contributed by atoms with E-state index in [9.17, 15) is 4.79 Å². The molecule has 140 valence electrons. The lowest BCUT2D eigenvalue weighted by atomic mass is 10.2. The molecule has 5 nitrogen and oxygen atoms in total. The van der Waals surface area contributed by atoms with Crippen LogP contribution in [0.25, 0.3) is 16.3 Å². The molecule has 1 atom stereocenters. The number of rotatable bonds is 6. The average molecular weight is 401 g/mol. The van der Waals surface area contributed by atoms with Gasteiger partial charge in [0, 0.05) is 17.6 Å². The topological polar surface area (TPSA) is 51.7 Å². The molecule has 7 heteroatoms. The zero-order chi connectivity index (χ0) is 18.6. The third-order valence-electron chi connectivity index (χ3n) is 4.43. The predicted molar refractivity (Wildman–Crippen MR) is 111 cm³/mol. The van der Waals surface area contributed by atoms with Crippen molar-refractivity contribution >= 4 is 50.0 Å². The average Bonchev–Trinajstić information content (AvgIpc) is 3.45. The van der Waals surface area contributed by atoms with Crippen molar-refractivity contribution in [1.82, 2.24) is 4.98 Å². The minimum Gasteiger partial charge on any atom is -0.494 e. The number of carbonyl (C=O) groups is 1. The predicted octanol–water partition coefficient (Wildman–Crippen LogP) is 4.59. The molecule has 1 unspecified atom stereocenters. The second kappa shape index (κ2) is 8.21. The Kier molecular flexibility index (Phi) is 5.52. The molecule has 1 amide bonds. The van der Waals surface area contributed by atoms with Crippen LogP contribution in [0.1, 0.15) is 17.7 Å². The van der Waals surface area contributed by atoms with Crippen LogP contribution >= 0.6 is 22.7 Å². The molecule has 0 saturated carbocycles. The molecule has 2 aromatic heterocycles. The normalized spacial score (nSPS) is 17.0. The van der Waals surface area contributed by atoms with Gasteiger partial charge in [0.15, 0.2) is 5.13 Å². The SMILES string of the molecule is COc1cccc2sc(N(CC3CCCO3)C(=O)/C=C/c3cccs3)nc12. The lowest BCUT2D eigenvalue weighted by molar-refractivity contribution is -0.114. The van der Waals surface area contributed by atoms with Crippen molar-refractivity contribution in [3.05, 3.63) is 46.7 Å². The summed E-state index contributed by atoms with van der Waals surface area (Å²) in [5.74, 6) is 0.630. The Labute approximate surface area is 165 Å². The summed E-state index contributed by atoms with van der Waals surface area (Å²) in [4.78, 5) is 20.5. The maximum Gasteiger partial charge on any atom is 0.252 e. The lowest BCUT2D eigenvalue weighted by Gasteiger charge is -2.21. The number of fused-ring (bicyclic) bond motifs is 1. The largest absolute Gasteiger partial charge is 0.494 e. The van der Waals surface area contributed by atoms with E-state index in [1.165, 1.54) is 11.3 Å². The molecule has 1 fully saturated rings. The molecule has 0 N–H and O–H groups in total. The van der Waals surface area contributed by atoms with E-state index in [1.54, 1.807) is 29.4 Å². The number of aromatic nitrogens is 1. The summed E-state index contributed by atoms with van der Waals surface area (Å²) in [6, 6.07) is 9.77. The second-order valence-corrected chi connectivity index (χ2v) is 8.22. The van der Waals surface area contributed by atoms with Gasteiger partial charge < -0.3 is 9.47 Å². The molecule has 4 rings (SSSR count). The third kappa shape index (κ3) is 4.05. The molecule has 1 aromatic carbocycles. The standard InChI is InChI=1S/C20H20N2O3S2/c1-24-16-7-2-8-17-19(16)21-20(27-17)22(13-14-5-3-11-25-14)18(23)10-9-15-6-4-12-26-15/h2,4,6-10,12,14H,3,5,11,13H2,1H3/b10-9+. The number of amides is 1. The number of para-hydroxylation sites is 1. The summed E-state index contributed by atoms with van der Waals surface area (Å²) in [7, 11) is 1.63. The van der Waals surface area contributed by atoms with Crippen molar-refractivity contribution in [2.24, 2.45) is 0 Å². The minimum absolute atomic E-state index is 0.0537. The van der Waals surface area contributed by atoms with E-state index >= 15 is 0 Å². The monoisotopic (exact) mass is 400 g/mol. The van der Waals surface area contributed by atoms with Crippen molar-refractivity contribution in [3.63, 3.8) is 0 Å². The molecule has 1 saturated heterocycles. The highest BCUT2D eigenvalue weighted by Gasteiger charge is 2.25. The van der Waals surface area contributed by atoms with E-state index in [4.69, 9.17) is 14.5 Å². The van der Waals surface area contributed by atoms with Crippen LogP contribution < -0.4 is 9.64 Å². The summed E-state index contributed by atoms with van der Waals surface area (Å²) in [5, 5.41) is 2.67. The highest BCUT2D eigenvalue weighted by molar-refractivity contribution is 7.22. The van der Waals surface area contributed by atoms with E-state index in [1.807, 2.05) is 41.8 Å². The van der Waals surface area contributed by atoms with Crippen LogP contribution in [0.5, 0.6) is 5.75 Å².